The molecule has 0 spiro atoms. The molecule has 6 rings (SSSR count). The first-order valence-corrected chi connectivity index (χ1v) is 13.4. The zero-order valence-electron chi connectivity index (χ0n) is 25.5. The molecule has 0 aliphatic carbocycles. The van der Waals surface area contributed by atoms with Crippen molar-refractivity contribution < 1.29 is 31.3 Å². The van der Waals surface area contributed by atoms with Gasteiger partial charge in [-0.15, -0.1) is 0 Å². The third-order valence-corrected chi connectivity index (χ3v) is 6.91. The molecule has 18 nitrogen and oxygen atoms in total. The van der Waals surface area contributed by atoms with E-state index >= 15 is 0 Å². The van der Waals surface area contributed by atoms with E-state index in [1.807, 2.05) is 0 Å². The molecule has 3 aromatic carbocycles. The Labute approximate surface area is 285 Å². The van der Waals surface area contributed by atoms with E-state index in [-0.39, 0.29) is 64.4 Å². The standard InChI is InChI=1S/3C10H7N4O2.Fe/c3*1-6-2-3-7-8(4-6)14(16)10(12)9(5-11)13(7)15;/h3*2-4,12H,1H3;/q3*-1;+3. The maximum atomic E-state index is 11.7. The van der Waals surface area contributed by atoms with Gasteiger partial charge in [0, 0.05) is 18.2 Å². The second-order valence-corrected chi connectivity index (χ2v) is 10.2. The Morgan fingerprint density at radius 1 is 0.510 bits per heavy atom. The smallest absolute Gasteiger partial charge is 0.804 e. The predicted octanol–water partition coefficient (Wildman–Crippen LogP) is 0.838. The van der Waals surface area contributed by atoms with Crippen molar-refractivity contribution in [1.82, 2.24) is 14.2 Å². The number of aromatic nitrogens is 6. The molecule has 0 aliphatic heterocycles. The van der Waals surface area contributed by atoms with E-state index in [1.165, 1.54) is 36.4 Å². The molecule has 0 atom stereocenters. The van der Waals surface area contributed by atoms with E-state index in [1.54, 1.807) is 57.2 Å². The van der Waals surface area contributed by atoms with Crippen molar-refractivity contribution in [3.05, 3.63) is 136 Å². The van der Waals surface area contributed by atoms with Crippen LogP contribution in [0.5, 0.6) is 0 Å². The SMILES string of the molecule is Cc1ccc2c(c1)n([O-])c(=N)c(C#N)[n+]2[O-].Cc1ccc2c(c1)n([O-])c(=N)c(C#N)[n+]2[O-].Cc1ccc2c(c1)n([O-])c(=N)c(C#N)[n+]2[O-].[Fe+3]. The predicted molar refractivity (Wildman–Crippen MR) is 165 cm³/mol. The van der Waals surface area contributed by atoms with Crippen molar-refractivity contribution in [2.45, 2.75) is 20.8 Å². The summed E-state index contributed by atoms with van der Waals surface area (Å²) in [5.74, 6) is 0. The topological polar surface area (TPSA) is 308 Å². The van der Waals surface area contributed by atoms with Crippen LogP contribution in [0.2, 0.25) is 0 Å². The first-order valence-electron chi connectivity index (χ1n) is 13.4. The van der Waals surface area contributed by atoms with Crippen LogP contribution in [-0.2, 0) is 17.1 Å². The quantitative estimate of drug-likeness (QED) is 0.115. The number of rotatable bonds is 0. The summed E-state index contributed by atoms with van der Waals surface area (Å²) in [4.78, 5) is 0. The van der Waals surface area contributed by atoms with Crippen LogP contribution < -0.4 is 30.7 Å². The molecule has 3 heterocycles. The van der Waals surface area contributed by atoms with E-state index in [2.05, 4.69) is 0 Å². The molecule has 245 valence electrons. The number of nitrogens with one attached hydrogen (secondary N) is 3. The van der Waals surface area contributed by atoms with Gasteiger partial charge in [0.05, 0.1) is 0 Å². The van der Waals surface area contributed by atoms with Gasteiger partial charge in [0.2, 0.25) is 33.0 Å². The normalized spacial score (nSPS) is 10.0. The molecular weight excluding hydrogens is 680 g/mol. The van der Waals surface area contributed by atoms with Crippen molar-refractivity contribution in [3.8, 4) is 18.2 Å². The van der Waals surface area contributed by atoms with E-state index in [0.717, 1.165) is 16.7 Å². The summed E-state index contributed by atoms with van der Waals surface area (Å²) in [6, 6.07) is 18.6. The summed E-state index contributed by atoms with van der Waals surface area (Å²) in [6.07, 6.45) is 0. The fourth-order valence-electron chi connectivity index (χ4n) is 4.50. The van der Waals surface area contributed by atoms with Gasteiger partial charge in [-0.25, -0.2) is 0 Å². The second-order valence-electron chi connectivity index (χ2n) is 10.2. The Kier molecular flexibility index (Phi) is 10.5. The first kappa shape index (κ1) is 36.3. The first-order chi connectivity index (χ1) is 22.7. The molecule has 1 radical (unpaired) electrons. The van der Waals surface area contributed by atoms with Crippen LogP contribution in [-0.4, -0.2) is 14.2 Å². The number of fused-ring (bicyclic) bond motifs is 3. The molecule has 3 N–H and O–H groups in total. The Morgan fingerprint density at radius 2 is 0.735 bits per heavy atom. The van der Waals surface area contributed by atoms with Crippen molar-refractivity contribution >= 4 is 33.1 Å². The monoisotopic (exact) mass is 701 g/mol. The molecule has 19 heteroatoms. The molecular formula is C30H21FeN12O6. The molecule has 0 saturated carbocycles. The summed E-state index contributed by atoms with van der Waals surface area (Å²) in [6.45, 7) is 5.32. The van der Waals surface area contributed by atoms with Gasteiger partial charge in [-0.1, -0.05) is 18.2 Å². The van der Waals surface area contributed by atoms with E-state index in [0.29, 0.717) is 14.2 Å². The molecule has 0 amide bonds. The molecule has 49 heavy (non-hydrogen) atoms. The molecule has 6 aromatic rings. The molecule has 0 bridgehead atoms. The third kappa shape index (κ3) is 6.45. The van der Waals surface area contributed by atoms with Gasteiger partial charge in [0.1, 0.15) is 16.6 Å². The summed E-state index contributed by atoms with van der Waals surface area (Å²) in [5.41, 5.74) is -0.388. The van der Waals surface area contributed by atoms with Gasteiger partial charge in [-0.2, -0.15) is 30.0 Å². The van der Waals surface area contributed by atoms with Gasteiger partial charge in [-0.3, -0.25) is 16.2 Å². The minimum absolute atomic E-state index is 0. The second kappa shape index (κ2) is 14.1. The van der Waals surface area contributed by atoms with Gasteiger partial charge in [-0.05, 0) is 55.7 Å². The Bertz CT molecular complexity index is 2340. The van der Waals surface area contributed by atoms with Crippen LogP contribution in [0.25, 0.3) is 33.1 Å². The molecule has 0 unspecified atom stereocenters. The van der Waals surface area contributed by atoms with Crippen molar-refractivity contribution in [3.63, 3.8) is 0 Å². The molecule has 3 aromatic heterocycles. The Morgan fingerprint density at radius 3 is 0.939 bits per heavy atom. The van der Waals surface area contributed by atoms with Crippen LogP contribution in [0, 0.1) is 102 Å². The number of nitriles is 3. The van der Waals surface area contributed by atoms with Crippen molar-refractivity contribution in [1.29, 1.82) is 32.0 Å². The number of aryl methyl sites for hydroxylation is 3. The van der Waals surface area contributed by atoms with Crippen LogP contribution in [0.15, 0.2) is 54.6 Å². The molecule has 0 saturated heterocycles. The van der Waals surface area contributed by atoms with Crippen LogP contribution in [0.4, 0.5) is 0 Å². The van der Waals surface area contributed by atoms with Crippen molar-refractivity contribution in [2.24, 2.45) is 0 Å². The minimum atomic E-state index is -0.629. The largest absolute Gasteiger partial charge is 3.00 e. The molecule has 0 aliphatic rings. The van der Waals surface area contributed by atoms with Gasteiger partial charge in [0.15, 0.2) is 18.2 Å². The maximum absolute atomic E-state index is 11.7. The van der Waals surface area contributed by atoms with E-state index < -0.39 is 33.5 Å². The third-order valence-electron chi connectivity index (χ3n) is 6.91. The Hall–Kier alpha value is -7.13. The zero-order valence-corrected chi connectivity index (χ0v) is 26.6. The van der Waals surface area contributed by atoms with E-state index in [4.69, 9.17) is 32.0 Å². The fourth-order valence-corrected chi connectivity index (χ4v) is 4.50. The average molecular weight is 701 g/mol. The van der Waals surface area contributed by atoms with Crippen LogP contribution in [0.3, 0.4) is 0 Å². The van der Waals surface area contributed by atoms with E-state index in [9.17, 15) is 31.2 Å². The summed E-state index contributed by atoms with van der Waals surface area (Å²) in [5, 5.41) is 118. The average Bonchev–Trinajstić information content (AvgIpc) is 3.06. The maximum Gasteiger partial charge on any atom is 3.00 e. The number of nitrogens with zero attached hydrogens (tertiary/aromatic N) is 9. The van der Waals surface area contributed by atoms with Crippen LogP contribution >= 0.6 is 0 Å². The number of benzene rings is 3. The van der Waals surface area contributed by atoms with Gasteiger partial charge in [0.25, 0.3) is 0 Å². The summed E-state index contributed by atoms with van der Waals surface area (Å²) < 4.78 is 1.79. The van der Waals surface area contributed by atoms with Crippen LogP contribution in [0.1, 0.15) is 33.8 Å². The summed E-state index contributed by atoms with van der Waals surface area (Å²) >= 11 is 0. The molecule has 0 fully saturated rings. The van der Waals surface area contributed by atoms with Gasteiger partial charge < -0.3 is 45.4 Å². The van der Waals surface area contributed by atoms with Crippen molar-refractivity contribution in [2.75, 3.05) is 0 Å². The minimum Gasteiger partial charge on any atom is -0.804 e. The number of hydrogen-bond donors (Lipinski definition) is 3. The summed E-state index contributed by atoms with van der Waals surface area (Å²) in [7, 11) is 0. The number of hydrogen-bond acceptors (Lipinski definition) is 12. The zero-order chi connectivity index (χ0) is 35.6. The Balaban J connectivity index is 0.000000197. The fraction of sp³-hybridized carbons (Fsp3) is 0.100. The van der Waals surface area contributed by atoms with Gasteiger partial charge >= 0.3 is 34.2 Å².